The SMILES string of the molecule is COC(=O)c1ccc(/C=C2\Oc3c(ccc4c3CN(Cc3ccccn3)CO4)C2=O)cc1. The Bertz CT molecular complexity index is 1220. The summed E-state index contributed by atoms with van der Waals surface area (Å²) in [6, 6.07) is 16.2. The van der Waals surface area contributed by atoms with Crippen LogP contribution in [-0.2, 0) is 17.8 Å². The Balaban J connectivity index is 1.39. The van der Waals surface area contributed by atoms with Gasteiger partial charge >= 0.3 is 5.97 Å². The van der Waals surface area contributed by atoms with E-state index in [0.717, 1.165) is 22.6 Å². The Hall–Kier alpha value is -3.97. The molecule has 0 radical (unpaired) electrons. The molecule has 7 nitrogen and oxygen atoms in total. The molecular formula is C25H20N2O5. The van der Waals surface area contributed by atoms with E-state index in [0.29, 0.717) is 36.7 Å². The number of nitrogens with zero attached hydrogens (tertiary/aromatic N) is 2. The predicted molar refractivity (Wildman–Crippen MR) is 116 cm³/mol. The van der Waals surface area contributed by atoms with E-state index in [2.05, 4.69) is 9.88 Å². The standard InChI is InChI=1S/C25H20N2O5/c1-30-25(29)17-7-5-16(6-8-17)12-22-23(28)19-9-10-21-20(24(19)32-22)14-27(15-31-21)13-18-4-2-3-11-26-18/h2-12H,13-15H2,1H3/b22-12-. The first-order valence-corrected chi connectivity index (χ1v) is 10.2. The number of carbonyl (C=O) groups is 2. The molecule has 1 aromatic heterocycles. The molecule has 5 rings (SSSR count). The number of ketones is 1. The van der Waals surface area contributed by atoms with Gasteiger partial charge in [0.2, 0.25) is 5.78 Å². The number of aromatic nitrogens is 1. The highest BCUT2D eigenvalue weighted by Crippen LogP contribution is 2.42. The van der Waals surface area contributed by atoms with E-state index >= 15 is 0 Å². The van der Waals surface area contributed by atoms with Gasteiger partial charge in [-0.1, -0.05) is 18.2 Å². The van der Waals surface area contributed by atoms with Crippen LogP contribution in [0.25, 0.3) is 6.08 Å². The van der Waals surface area contributed by atoms with Crippen molar-refractivity contribution in [3.63, 3.8) is 0 Å². The molecule has 0 saturated heterocycles. The zero-order valence-corrected chi connectivity index (χ0v) is 17.4. The number of benzene rings is 2. The van der Waals surface area contributed by atoms with Crippen LogP contribution >= 0.6 is 0 Å². The van der Waals surface area contributed by atoms with E-state index in [1.165, 1.54) is 7.11 Å². The smallest absolute Gasteiger partial charge is 0.337 e. The van der Waals surface area contributed by atoms with Crippen molar-refractivity contribution in [3.8, 4) is 11.5 Å². The van der Waals surface area contributed by atoms with E-state index < -0.39 is 5.97 Å². The van der Waals surface area contributed by atoms with Crippen LogP contribution in [0.5, 0.6) is 11.5 Å². The molecule has 32 heavy (non-hydrogen) atoms. The number of fused-ring (bicyclic) bond motifs is 3. The van der Waals surface area contributed by atoms with Crippen LogP contribution in [0.15, 0.2) is 66.6 Å². The van der Waals surface area contributed by atoms with Gasteiger partial charge in [-0.3, -0.25) is 14.7 Å². The fraction of sp³-hybridized carbons (Fsp3) is 0.160. The first-order valence-electron chi connectivity index (χ1n) is 10.2. The first-order chi connectivity index (χ1) is 15.6. The van der Waals surface area contributed by atoms with Crippen LogP contribution in [0.3, 0.4) is 0 Å². The fourth-order valence-corrected chi connectivity index (χ4v) is 3.81. The van der Waals surface area contributed by atoms with Crippen LogP contribution in [0.4, 0.5) is 0 Å². The number of allylic oxidation sites excluding steroid dienone is 1. The Morgan fingerprint density at radius 3 is 2.75 bits per heavy atom. The highest BCUT2D eigenvalue weighted by molar-refractivity contribution is 6.15. The number of hydrogen-bond donors (Lipinski definition) is 0. The minimum atomic E-state index is -0.410. The average Bonchev–Trinajstić information content (AvgIpc) is 3.15. The summed E-state index contributed by atoms with van der Waals surface area (Å²) in [7, 11) is 1.34. The molecule has 0 N–H and O–H groups in total. The largest absolute Gasteiger partial charge is 0.478 e. The number of rotatable bonds is 4. The zero-order valence-electron chi connectivity index (χ0n) is 17.4. The van der Waals surface area contributed by atoms with Gasteiger partial charge in [0.1, 0.15) is 18.2 Å². The van der Waals surface area contributed by atoms with Crippen molar-refractivity contribution in [1.82, 2.24) is 9.88 Å². The van der Waals surface area contributed by atoms with Crippen LogP contribution in [0, 0.1) is 0 Å². The van der Waals surface area contributed by atoms with Gasteiger partial charge in [-0.2, -0.15) is 0 Å². The third-order valence-corrected chi connectivity index (χ3v) is 5.42. The van der Waals surface area contributed by atoms with Crippen molar-refractivity contribution in [2.45, 2.75) is 13.1 Å². The van der Waals surface area contributed by atoms with Gasteiger partial charge in [-0.15, -0.1) is 0 Å². The van der Waals surface area contributed by atoms with E-state index in [4.69, 9.17) is 14.2 Å². The molecule has 0 fully saturated rings. The highest BCUT2D eigenvalue weighted by Gasteiger charge is 2.33. The van der Waals surface area contributed by atoms with Gasteiger partial charge in [0.25, 0.3) is 0 Å². The Labute approximate surface area is 184 Å². The summed E-state index contributed by atoms with van der Waals surface area (Å²) >= 11 is 0. The molecule has 160 valence electrons. The van der Waals surface area contributed by atoms with Crippen LogP contribution in [-0.4, -0.2) is 35.5 Å². The van der Waals surface area contributed by atoms with E-state index in [1.807, 2.05) is 24.3 Å². The molecule has 0 aliphatic carbocycles. The monoisotopic (exact) mass is 428 g/mol. The average molecular weight is 428 g/mol. The second kappa shape index (κ2) is 8.28. The summed E-state index contributed by atoms with van der Waals surface area (Å²) in [5.41, 5.74) is 3.50. The lowest BCUT2D eigenvalue weighted by atomic mass is 10.0. The topological polar surface area (TPSA) is 78.0 Å². The predicted octanol–water partition coefficient (Wildman–Crippen LogP) is 3.84. The summed E-state index contributed by atoms with van der Waals surface area (Å²) in [4.78, 5) is 31.0. The Kier molecular flexibility index (Phi) is 5.17. The van der Waals surface area contributed by atoms with Crippen molar-refractivity contribution in [3.05, 3.63) is 94.5 Å². The van der Waals surface area contributed by atoms with E-state index in [9.17, 15) is 9.59 Å². The lowest BCUT2D eigenvalue weighted by Gasteiger charge is -2.29. The highest BCUT2D eigenvalue weighted by atomic mass is 16.5. The quantitative estimate of drug-likeness (QED) is 0.462. The van der Waals surface area contributed by atoms with Gasteiger partial charge in [0.05, 0.1) is 29.5 Å². The third kappa shape index (κ3) is 3.74. The van der Waals surface area contributed by atoms with Gasteiger partial charge < -0.3 is 14.2 Å². The van der Waals surface area contributed by atoms with Crippen molar-refractivity contribution in [2.75, 3.05) is 13.8 Å². The molecule has 0 saturated carbocycles. The molecule has 0 bridgehead atoms. The minimum absolute atomic E-state index is 0.179. The zero-order chi connectivity index (χ0) is 22.1. The fourth-order valence-electron chi connectivity index (χ4n) is 3.81. The van der Waals surface area contributed by atoms with Gasteiger partial charge in [0.15, 0.2) is 5.76 Å². The number of carbonyl (C=O) groups excluding carboxylic acids is 2. The maximum absolute atomic E-state index is 12.9. The number of Topliss-reactive ketones (excluding diaryl/α,β-unsaturated/α-hetero) is 1. The third-order valence-electron chi connectivity index (χ3n) is 5.42. The van der Waals surface area contributed by atoms with Crippen LogP contribution in [0.2, 0.25) is 0 Å². The van der Waals surface area contributed by atoms with Gasteiger partial charge in [0, 0.05) is 19.3 Å². The Morgan fingerprint density at radius 1 is 1.16 bits per heavy atom. The molecule has 7 heteroatoms. The molecule has 3 heterocycles. The lowest BCUT2D eigenvalue weighted by Crippen LogP contribution is -2.32. The van der Waals surface area contributed by atoms with Gasteiger partial charge in [-0.25, -0.2) is 4.79 Å². The van der Waals surface area contributed by atoms with Crippen molar-refractivity contribution in [2.24, 2.45) is 0 Å². The number of ether oxygens (including phenoxy) is 3. The molecule has 0 atom stereocenters. The molecule has 0 unspecified atom stereocenters. The molecular weight excluding hydrogens is 408 g/mol. The lowest BCUT2D eigenvalue weighted by molar-refractivity contribution is 0.0600. The molecule has 3 aromatic rings. The molecule has 2 aromatic carbocycles. The number of hydrogen-bond acceptors (Lipinski definition) is 7. The van der Waals surface area contributed by atoms with Crippen LogP contribution < -0.4 is 9.47 Å². The second-order valence-electron chi connectivity index (χ2n) is 7.55. The van der Waals surface area contributed by atoms with E-state index in [1.54, 1.807) is 42.6 Å². The molecule has 0 amide bonds. The summed E-state index contributed by atoms with van der Waals surface area (Å²) in [5, 5.41) is 0. The summed E-state index contributed by atoms with van der Waals surface area (Å²) in [5.74, 6) is 0.905. The maximum atomic E-state index is 12.9. The maximum Gasteiger partial charge on any atom is 0.337 e. The molecule has 0 spiro atoms. The number of pyridine rings is 1. The number of esters is 1. The molecule has 2 aliphatic rings. The Morgan fingerprint density at radius 2 is 2.00 bits per heavy atom. The van der Waals surface area contributed by atoms with Crippen molar-refractivity contribution >= 4 is 17.8 Å². The van der Waals surface area contributed by atoms with Gasteiger partial charge in [-0.05, 0) is 48.0 Å². The normalized spacial score (nSPS) is 16.2. The van der Waals surface area contributed by atoms with E-state index in [-0.39, 0.29) is 11.5 Å². The summed E-state index contributed by atoms with van der Waals surface area (Å²) in [6.45, 7) is 1.65. The van der Waals surface area contributed by atoms with Crippen molar-refractivity contribution < 1.29 is 23.8 Å². The van der Waals surface area contributed by atoms with Crippen molar-refractivity contribution in [1.29, 1.82) is 0 Å². The molecule has 2 aliphatic heterocycles. The summed E-state index contributed by atoms with van der Waals surface area (Å²) < 4.78 is 16.6. The first kappa shape index (κ1) is 20.0. The summed E-state index contributed by atoms with van der Waals surface area (Å²) in [6.07, 6.45) is 3.44. The minimum Gasteiger partial charge on any atom is -0.478 e. The number of methoxy groups -OCH3 is 1. The van der Waals surface area contributed by atoms with Crippen LogP contribution in [0.1, 0.15) is 37.5 Å². The second-order valence-corrected chi connectivity index (χ2v) is 7.55.